The van der Waals surface area contributed by atoms with Crippen molar-refractivity contribution in [3.05, 3.63) is 29.3 Å². The van der Waals surface area contributed by atoms with Crippen LogP contribution < -0.4 is 4.74 Å². The van der Waals surface area contributed by atoms with E-state index >= 15 is 0 Å². The molecule has 0 radical (unpaired) electrons. The number of carbonyl (C=O) groups excluding carboxylic acids is 1. The van der Waals surface area contributed by atoms with E-state index in [0.29, 0.717) is 11.3 Å². The highest BCUT2D eigenvalue weighted by molar-refractivity contribution is 5.96. The molecule has 0 atom stereocenters. The summed E-state index contributed by atoms with van der Waals surface area (Å²) in [5.41, 5.74) is 0.665. The van der Waals surface area contributed by atoms with Gasteiger partial charge in [0.1, 0.15) is 11.2 Å². The maximum Gasteiger partial charge on any atom is 0.312 e. The predicted octanol–water partition coefficient (Wildman–Crippen LogP) is 1.55. The number of aryl methyl sites for hydroxylation is 1. The number of ether oxygens (including phenoxy) is 1. The van der Waals surface area contributed by atoms with Gasteiger partial charge in [0.25, 0.3) is 5.91 Å². The van der Waals surface area contributed by atoms with Crippen molar-refractivity contribution in [2.75, 3.05) is 20.2 Å². The SMILES string of the molecule is COc1cc(C(=O)N2CC(C)(C(=O)O)C2)ccc1C. The van der Waals surface area contributed by atoms with Crippen LogP contribution >= 0.6 is 0 Å². The number of aliphatic carboxylic acids is 1. The highest BCUT2D eigenvalue weighted by atomic mass is 16.5. The Kier molecular flexibility index (Phi) is 3.22. The quantitative estimate of drug-likeness (QED) is 0.898. The van der Waals surface area contributed by atoms with Crippen LogP contribution in [0.5, 0.6) is 5.75 Å². The highest BCUT2D eigenvalue weighted by Gasteiger charge is 2.47. The fraction of sp³-hybridized carbons (Fsp3) is 0.429. The minimum absolute atomic E-state index is 0.156. The molecule has 19 heavy (non-hydrogen) atoms. The van der Waals surface area contributed by atoms with E-state index in [1.54, 1.807) is 26.2 Å². The fourth-order valence-corrected chi connectivity index (χ4v) is 2.21. The summed E-state index contributed by atoms with van der Waals surface area (Å²) in [7, 11) is 1.56. The number of rotatable bonds is 3. The zero-order chi connectivity index (χ0) is 14.2. The molecule has 5 nitrogen and oxygen atoms in total. The van der Waals surface area contributed by atoms with Crippen LogP contribution in [0.2, 0.25) is 0 Å². The summed E-state index contributed by atoms with van der Waals surface area (Å²) in [5, 5.41) is 9.02. The number of hydrogen-bond acceptors (Lipinski definition) is 3. The Morgan fingerprint density at radius 3 is 2.53 bits per heavy atom. The summed E-state index contributed by atoms with van der Waals surface area (Å²) in [6.07, 6.45) is 0. The second kappa shape index (κ2) is 4.57. The third-order valence-corrected chi connectivity index (χ3v) is 3.54. The fourth-order valence-electron chi connectivity index (χ4n) is 2.21. The minimum Gasteiger partial charge on any atom is -0.496 e. The standard InChI is InChI=1S/C14H17NO4/c1-9-4-5-10(6-11(9)19-3)12(16)15-7-14(2,8-15)13(17)18/h4-6H,7-8H2,1-3H3,(H,17,18). The number of nitrogens with zero attached hydrogens (tertiary/aromatic N) is 1. The Hall–Kier alpha value is -2.04. The normalized spacial score (nSPS) is 16.7. The zero-order valence-corrected chi connectivity index (χ0v) is 11.3. The molecule has 1 fully saturated rings. The molecule has 0 saturated carbocycles. The van der Waals surface area contributed by atoms with E-state index in [2.05, 4.69) is 0 Å². The molecule has 5 heteroatoms. The number of amides is 1. The van der Waals surface area contributed by atoms with Gasteiger partial charge in [-0.15, -0.1) is 0 Å². The van der Waals surface area contributed by atoms with Crippen molar-refractivity contribution in [2.24, 2.45) is 5.41 Å². The van der Waals surface area contributed by atoms with Gasteiger partial charge in [-0.2, -0.15) is 0 Å². The van der Waals surface area contributed by atoms with Crippen molar-refractivity contribution in [1.82, 2.24) is 4.90 Å². The first-order chi connectivity index (χ1) is 8.87. The Morgan fingerprint density at radius 2 is 2.00 bits per heavy atom. The van der Waals surface area contributed by atoms with E-state index in [1.807, 2.05) is 13.0 Å². The van der Waals surface area contributed by atoms with Gasteiger partial charge in [0.05, 0.1) is 7.11 Å². The Balaban J connectivity index is 2.12. The highest BCUT2D eigenvalue weighted by Crippen LogP contribution is 2.31. The summed E-state index contributed by atoms with van der Waals surface area (Å²) in [4.78, 5) is 24.7. The van der Waals surface area contributed by atoms with Gasteiger partial charge in [0, 0.05) is 18.7 Å². The maximum atomic E-state index is 12.2. The number of carbonyl (C=O) groups is 2. The largest absolute Gasteiger partial charge is 0.496 e. The van der Waals surface area contributed by atoms with Crippen molar-refractivity contribution < 1.29 is 19.4 Å². The van der Waals surface area contributed by atoms with E-state index in [9.17, 15) is 9.59 Å². The van der Waals surface area contributed by atoms with Crippen LogP contribution in [0.3, 0.4) is 0 Å². The molecule has 1 amide bonds. The van der Waals surface area contributed by atoms with Crippen LogP contribution in [-0.2, 0) is 4.79 Å². The van der Waals surface area contributed by atoms with Crippen molar-refractivity contribution in [1.29, 1.82) is 0 Å². The number of hydrogen-bond donors (Lipinski definition) is 1. The smallest absolute Gasteiger partial charge is 0.312 e. The first kappa shape index (κ1) is 13.4. The van der Waals surface area contributed by atoms with Gasteiger partial charge in [-0.1, -0.05) is 6.07 Å². The lowest BCUT2D eigenvalue weighted by Crippen LogP contribution is -2.60. The van der Waals surface area contributed by atoms with Gasteiger partial charge >= 0.3 is 5.97 Å². The number of likely N-dealkylation sites (tertiary alicyclic amines) is 1. The third kappa shape index (κ3) is 2.28. The summed E-state index contributed by atoms with van der Waals surface area (Å²) < 4.78 is 5.18. The monoisotopic (exact) mass is 263 g/mol. The molecule has 0 bridgehead atoms. The van der Waals surface area contributed by atoms with Gasteiger partial charge in [-0.3, -0.25) is 9.59 Å². The van der Waals surface area contributed by atoms with Crippen LogP contribution in [0.1, 0.15) is 22.8 Å². The average molecular weight is 263 g/mol. The lowest BCUT2D eigenvalue weighted by molar-refractivity contribution is -0.155. The molecule has 2 rings (SSSR count). The molecule has 1 heterocycles. The van der Waals surface area contributed by atoms with E-state index in [0.717, 1.165) is 5.56 Å². The first-order valence-corrected chi connectivity index (χ1v) is 6.05. The summed E-state index contributed by atoms with van der Waals surface area (Å²) >= 11 is 0. The minimum atomic E-state index is -0.863. The summed E-state index contributed by atoms with van der Waals surface area (Å²) in [6, 6.07) is 5.24. The van der Waals surface area contributed by atoms with Crippen LogP contribution in [0.15, 0.2) is 18.2 Å². The summed E-state index contributed by atoms with van der Waals surface area (Å²) in [5.74, 6) is -0.359. The van der Waals surface area contributed by atoms with Gasteiger partial charge in [0.15, 0.2) is 0 Å². The van der Waals surface area contributed by atoms with Crippen molar-refractivity contribution in [3.63, 3.8) is 0 Å². The molecule has 0 unspecified atom stereocenters. The van der Waals surface area contributed by atoms with Gasteiger partial charge in [-0.05, 0) is 31.5 Å². The zero-order valence-electron chi connectivity index (χ0n) is 11.3. The first-order valence-electron chi connectivity index (χ1n) is 6.05. The molecule has 1 aliphatic heterocycles. The molecule has 0 aromatic heterocycles. The van der Waals surface area contributed by atoms with Crippen molar-refractivity contribution >= 4 is 11.9 Å². The second-order valence-corrected chi connectivity index (χ2v) is 5.21. The second-order valence-electron chi connectivity index (χ2n) is 5.21. The molecule has 1 aromatic carbocycles. The molecule has 102 valence electrons. The van der Waals surface area contributed by atoms with Crippen LogP contribution in [0.4, 0.5) is 0 Å². The molecule has 1 aliphatic rings. The van der Waals surface area contributed by atoms with Crippen molar-refractivity contribution in [3.8, 4) is 5.75 Å². The maximum absolute atomic E-state index is 12.2. The Bertz CT molecular complexity index is 532. The molecule has 1 aromatic rings. The van der Waals surface area contributed by atoms with Crippen LogP contribution in [0.25, 0.3) is 0 Å². The molecular formula is C14H17NO4. The van der Waals surface area contributed by atoms with Crippen molar-refractivity contribution in [2.45, 2.75) is 13.8 Å². The topological polar surface area (TPSA) is 66.8 Å². The molecule has 1 N–H and O–H groups in total. The molecular weight excluding hydrogens is 246 g/mol. The van der Waals surface area contributed by atoms with Crippen LogP contribution in [-0.4, -0.2) is 42.1 Å². The Labute approximate surface area is 111 Å². The average Bonchev–Trinajstić information content (AvgIpc) is 2.34. The summed E-state index contributed by atoms with van der Waals surface area (Å²) in [6.45, 7) is 4.04. The number of benzene rings is 1. The number of carboxylic acids is 1. The van der Waals surface area contributed by atoms with Gasteiger partial charge < -0.3 is 14.7 Å². The van der Waals surface area contributed by atoms with E-state index < -0.39 is 11.4 Å². The lowest BCUT2D eigenvalue weighted by Gasteiger charge is -2.44. The number of carboxylic acid groups (broad SMARTS) is 1. The third-order valence-electron chi connectivity index (χ3n) is 3.54. The van der Waals surface area contributed by atoms with Gasteiger partial charge in [-0.25, -0.2) is 0 Å². The number of methoxy groups -OCH3 is 1. The predicted molar refractivity (Wildman–Crippen MR) is 69.4 cm³/mol. The Morgan fingerprint density at radius 1 is 1.37 bits per heavy atom. The lowest BCUT2D eigenvalue weighted by atomic mass is 9.81. The van der Waals surface area contributed by atoms with E-state index in [1.165, 1.54) is 4.90 Å². The van der Waals surface area contributed by atoms with Crippen LogP contribution in [0, 0.1) is 12.3 Å². The van der Waals surface area contributed by atoms with E-state index in [-0.39, 0.29) is 19.0 Å². The molecule has 0 aliphatic carbocycles. The molecule has 1 saturated heterocycles. The van der Waals surface area contributed by atoms with Gasteiger partial charge in [0.2, 0.25) is 0 Å². The molecule has 0 spiro atoms. The van der Waals surface area contributed by atoms with E-state index in [4.69, 9.17) is 9.84 Å².